The molecule has 1 N–H and O–H groups in total. The quantitative estimate of drug-likeness (QED) is 0.813. The van der Waals surface area contributed by atoms with Gasteiger partial charge in [0.15, 0.2) is 0 Å². The van der Waals surface area contributed by atoms with Crippen molar-refractivity contribution in [3.63, 3.8) is 0 Å². The maximum Gasteiger partial charge on any atom is 0.320 e. The van der Waals surface area contributed by atoms with Crippen molar-refractivity contribution < 1.29 is 19.5 Å². The summed E-state index contributed by atoms with van der Waals surface area (Å²) in [7, 11) is 1.72. The molecular weight excluding hydrogens is 262 g/mol. The van der Waals surface area contributed by atoms with Crippen molar-refractivity contribution in [2.75, 3.05) is 33.2 Å². The van der Waals surface area contributed by atoms with Crippen molar-refractivity contribution in [1.29, 1.82) is 0 Å². The first-order chi connectivity index (χ1) is 9.32. The summed E-state index contributed by atoms with van der Waals surface area (Å²) in [5.41, 5.74) is 0. The molecule has 1 fully saturated rings. The Hall–Kier alpha value is -1.79. The van der Waals surface area contributed by atoms with Crippen LogP contribution in [-0.4, -0.2) is 77.0 Å². The third kappa shape index (κ3) is 4.40. The van der Waals surface area contributed by atoms with Crippen molar-refractivity contribution in [1.82, 2.24) is 14.7 Å². The molecule has 0 aromatic carbocycles. The number of hydrogen-bond donors (Lipinski definition) is 1. The van der Waals surface area contributed by atoms with E-state index in [0.717, 1.165) is 6.42 Å². The zero-order valence-corrected chi connectivity index (χ0v) is 12.3. The molecule has 0 aromatic rings. The molecule has 0 aromatic heterocycles. The fourth-order valence-corrected chi connectivity index (χ4v) is 2.12. The van der Waals surface area contributed by atoms with Gasteiger partial charge in [-0.05, 0) is 20.3 Å². The first-order valence-corrected chi connectivity index (χ1v) is 6.84. The van der Waals surface area contributed by atoms with E-state index in [1.54, 1.807) is 11.9 Å². The van der Waals surface area contributed by atoms with Crippen LogP contribution in [0.5, 0.6) is 0 Å². The minimum absolute atomic E-state index is 0.0611. The van der Waals surface area contributed by atoms with Gasteiger partial charge in [0.05, 0.1) is 6.42 Å². The van der Waals surface area contributed by atoms with E-state index < -0.39 is 5.97 Å². The number of urea groups is 1. The highest BCUT2D eigenvalue weighted by Crippen LogP contribution is 2.10. The van der Waals surface area contributed by atoms with Gasteiger partial charge < -0.3 is 19.8 Å². The molecule has 1 aliphatic rings. The van der Waals surface area contributed by atoms with Gasteiger partial charge in [-0.15, -0.1) is 0 Å². The van der Waals surface area contributed by atoms with Crippen molar-refractivity contribution in [3.05, 3.63) is 0 Å². The summed E-state index contributed by atoms with van der Waals surface area (Å²) >= 11 is 0. The van der Waals surface area contributed by atoms with Crippen LogP contribution in [0.4, 0.5) is 4.79 Å². The number of likely N-dealkylation sites (N-methyl/N-ethyl adjacent to an activating group) is 1. The van der Waals surface area contributed by atoms with Crippen LogP contribution in [0.2, 0.25) is 0 Å². The molecule has 7 nitrogen and oxygen atoms in total. The maximum atomic E-state index is 12.4. The van der Waals surface area contributed by atoms with E-state index in [1.165, 1.54) is 9.80 Å². The number of carboxylic acids is 1. The van der Waals surface area contributed by atoms with Crippen LogP contribution in [0.25, 0.3) is 0 Å². The van der Waals surface area contributed by atoms with E-state index in [9.17, 15) is 14.4 Å². The molecule has 1 rings (SSSR count). The van der Waals surface area contributed by atoms with Gasteiger partial charge in [0.2, 0.25) is 5.91 Å². The maximum absolute atomic E-state index is 12.4. The Balaban J connectivity index is 2.72. The number of nitrogens with zero attached hydrogens (tertiary/aromatic N) is 3. The van der Waals surface area contributed by atoms with Gasteiger partial charge in [0, 0.05) is 32.7 Å². The summed E-state index contributed by atoms with van der Waals surface area (Å²) in [6.45, 7) is 5.06. The van der Waals surface area contributed by atoms with Gasteiger partial charge in [-0.3, -0.25) is 9.59 Å². The number of amides is 3. The molecule has 0 spiro atoms. The van der Waals surface area contributed by atoms with Crippen molar-refractivity contribution in [3.8, 4) is 0 Å². The minimum atomic E-state index is -0.935. The average Bonchev–Trinajstić information content (AvgIpc) is 2.51. The van der Waals surface area contributed by atoms with Gasteiger partial charge in [-0.2, -0.15) is 0 Å². The lowest BCUT2D eigenvalue weighted by atomic mass is 10.3. The Morgan fingerprint density at radius 3 is 2.55 bits per heavy atom. The van der Waals surface area contributed by atoms with E-state index in [2.05, 4.69) is 0 Å². The molecule has 20 heavy (non-hydrogen) atoms. The molecule has 1 saturated heterocycles. The Morgan fingerprint density at radius 2 is 2.00 bits per heavy atom. The summed E-state index contributed by atoms with van der Waals surface area (Å²) in [6.07, 6.45) is 0.643. The van der Waals surface area contributed by atoms with E-state index in [-0.39, 0.29) is 37.5 Å². The van der Waals surface area contributed by atoms with E-state index in [0.29, 0.717) is 13.1 Å². The molecular formula is C13H23N3O4. The topological polar surface area (TPSA) is 81.2 Å². The second-order valence-corrected chi connectivity index (χ2v) is 5.30. The van der Waals surface area contributed by atoms with Crippen molar-refractivity contribution in [2.45, 2.75) is 32.7 Å². The van der Waals surface area contributed by atoms with Crippen molar-refractivity contribution in [2.24, 2.45) is 0 Å². The largest absolute Gasteiger partial charge is 0.481 e. The van der Waals surface area contributed by atoms with Gasteiger partial charge in [-0.25, -0.2) is 4.79 Å². The number of carbonyl (C=O) groups is 3. The van der Waals surface area contributed by atoms with Crippen LogP contribution >= 0.6 is 0 Å². The smallest absolute Gasteiger partial charge is 0.320 e. The molecule has 3 amide bonds. The molecule has 0 radical (unpaired) electrons. The standard InChI is InChI=1S/C13H23N3O4/c1-10(2)16(8-5-12(18)19)13(20)15-7-4-6-14(3)11(17)9-15/h10H,4-9H2,1-3H3,(H,18,19). The van der Waals surface area contributed by atoms with Crippen LogP contribution in [0, 0.1) is 0 Å². The Kier molecular flexibility index (Phi) is 5.79. The molecule has 0 unspecified atom stereocenters. The summed E-state index contributed by atoms with van der Waals surface area (Å²) < 4.78 is 0. The minimum Gasteiger partial charge on any atom is -0.481 e. The van der Waals surface area contributed by atoms with E-state index in [1.807, 2.05) is 13.8 Å². The zero-order valence-electron chi connectivity index (χ0n) is 12.3. The third-order valence-electron chi connectivity index (χ3n) is 3.38. The van der Waals surface area contributed by atoms with Gasteiger partial charge in [0.1, 0.15) is 6.54 Å². The summed E-state index contributed by atoms with van der Waals surface area (Å²) in [6, 6.07) is -0.358. The van der Waals surface area contributed by atoms with Gasteiger partial charge in [-0.1, -0.05) is 0 Å². The van der Waals surface area contributed by atoms with Gasteiger partial charge in [0.25, 0.3) is 0 Å². The predicted molar refractivity (Wildman–Crippen MR) is 73.3 cm³/mol. The second kappa shape index (κ2) is 7.12. The normalized spacial score (nSPS) is 16.3. The fourth-order valence-electron chi connectivity index (χ4n) is 2.12. The van der Waals surface area contributed by atoms with Gasteiger partial charge >= 0.3 is 12.0 Å². The Bertz CT molecular complexity index is 384. The monoisotopic (exact) mass is 285 g/mol. The third-order valence-corrected chi connectivity index (χ3v) is 3.38. The molecule has 114 valence electrons. The molecule has 0 bridgehead atoms. The Labute approximate surface area is 119 Å². The Morgan fingerprint density at radius 1 is 1.35 bits per heavy atom. The van der Waals surface area contributed by atoms with Crippen LogP contribution in [0.15, 0.2) is 0 Å². The number of hydrogen-bond acceptors (Lipinski definition) is 3. The molecule has 7 heteroatoms. The highest BCUT2D eigenvalue weighted by atomic mass is 16.4. The highest BCUT2D eigenvalue weighted by molar-refractivity contribution is 5.84. The number of rotatable bonds is 4. The first kappa shape index (κ1) is 16.3. The van der Waals surface area contributed by atoms with Crippen LogP contribution in [-0.2, 0) is 9.59 Å². The van der Waals surface area contributed by atoms with Crippen molar-refractivity contribution >= 4 is 17.9 Å². The van der Waals surface area contributed by atoms with E-state index >= 15 is 0 Å². The number of carboxylic acid groups (broad SMARTS) is 1. The second-order valence-electron chi connectivity index (χ2n) is 5.30. The lowest BCUT2D eigenvalue weighted by Crippen LogP contribution is -2.49. The molecule has 1 aliphatic heterocycles. The zero-order chi connectivity index (χ0) is 15.3. The van der Waals surface area contributed by atoms with Crippen LogP contribution in [0.1, 0.15) is 26.7 Å². The number of aliphatic carboxylic acids is 1. The SMILES string of the molecule is CC(C)N(CCC(=O)O)C(=O)N1CCCN(C)C(=O)C1. The average molecular weight is 285 g/mol. The highest BCUT2D eigenvalue weighted by Gasteiger charge is 2.27. The summed E-state index contributed by atoms with van der Waals surface area (Å²) in [5.74, 6) is -1.02. The summed E-state index contributed by atoms with van der Waals surface area (Å²) in [4.78, 5) is 39.5. The molecule has 0 saturated carbocycles. The predicted octanol–water partition coefficient (Wildman–Crippen LogP) is 0.456. The molecule has 0 aliphatic carbocycles. The lowest BCUT2D eigenvalue weighted by molar-refractivity contribution is -0.137. The fraction of sp³-hybridized carbons (Fsp3) is 0.769. The number of carbonyl (C=O) groups excluding carboxylic acids is 2. The lowest BCUT2D eigenvalue weighted by Gasteiger charge is -2.32. The molecule has 1 heterocycles. The van der Waals surface area contributed by atoms with E-state index in [4.69, 9.17) is 5.11 Å². The molecule has 0 atom stereocenters. The summed E-state index contributed by atoms with van der Waals surface area (Å²) in [5, 5.41) is 8.75. The van der Waals surface area contributed by atoms with Crippen LogP contribution in [0.3, 0.4) is 0 Å². The van der Waals surface area contributed by atoms with Crippen LogP contribution < -0.4 is 0 Å². The first-order valence-electron chi connectivity index (χ1n) is 6.84.